The number of amides is 2. The van der Waals surface area contributed by atoms with Gasteiger partial charge in [0, 0.05) is 5.69 Å². The average molecular weight is 398 g/mol. The number of hydrogen-bond donors (Lipinski definition) is 4. The molecule has 0 aliphatic carbocycles. The maximum Gasteiger partial charge on any atom is 0.319 e. The van der Waals surface area contributed by atoms with Crippen LogP contribution in [0.3, 0.4) is 0 Å². The van der Waals surface area contributed by atoms with Gasteiger partial charge in [-0.1, -0.05) is 12.1 Å². The first-order valence-corrected chi connectivity index (χ1v) is 10.4. The second-order valence-electron chi connectivity index (χ2n) is 5.50. The second kappa shape index (κ2) is 7.41. The summed E-state index contributed by atoms with van der Waals surface area (Å²) in [6.45, 7) is 1.72. The number of carbonyl (C=O) groups is 1. The highest BCUT2D eigenvalue weighted by Crippen LogP contribution is 2.16. The van der Waals surface area contributed by atoms with Crippen molar-refractivity contribution in [1.82, 2.24) is 5.32 Å². The molecule has 0 bridgehead atoms. The Kier molecular flexibility index (Phi) is 5.66. The molecule has 0 saturated carbocycles. The monoisotopic (exact) mass is 398 g/mol. The number of benzene rings is 2. The number of carbonyl (C=O) groups excluding carboxylic acids is 1. The summed E-state index contributed by atoms with van der Waals surface area (Å²) in [5.74, 6) is 0. The normalized spacial score (nSPS) is 13.0. The van der Waals surface area contributed by atoms with Crippen molar-refractivity contribution in [1.29, 1.82) is 0 Å². The third-order valence-electron chi connectivity index (χ3n) is 3.50. The highest BCUT2D eigenvalue weighted by atomic mass is 32.2. The predicted molar refractivity (Wildman–Crippen MR) is 96.2 cm³/mol. The van der Waals surface area contributed by atoms with Gasteiger partial charge in [0.15, 0.2) is 0 Å². The molecule has 11 heteroatoms. The first-order chi connectivity index (χ1) is 12.0. The number of hydrogen-bond acceptors (Lipinski definition) is 5. The molecule has 1 atom stereocenters. The van der Waals surface area contributed by atoms with Crippen molar-refractivity contribution in [2.24, 2.45) is 10.3 Å². The molecule has 26 heavy (non-hydrogen) atoms. The molecule has 2 aromatic rings. The van der Waals surface area contributed by atoms with E-state index < -0.39 is 32.1 Å². The number of anilines is 1. The van der Waals surface area contributed by atoms with Crippen LogP contribution in [0.15, 0.2) is 58.3 Å². The quantitative estimate of drug-likeness (QED) is 0.586. The van der Waals surface area contributed by atoms with Crippen LogP contribution in [0.25, 0.3) is 0 Å². The van der Waals surface area contributed by atoms with E-state index in [1.807, 2.05) is 0 Å². The van der Waals surface area contributed by atoms with E-state index in [2.05, 4.69) is 10.6 Å². The molecule has 0 spiro atoms. The number of urea groups is 1. The lowest BCUT2D eigenvalue weighted by Crippen LogP contribution is -2.31. The predicted octanol–water partition coefficient (Wildman–Crippen LogP) is 0.864. The Morgan fingerprint density at radius 2 is 1.27 bits per heavy atom. The Hall–Kier alpha value is -2.47. The lowest BCUT2D eigenvalue weighted by molar-refractivity contribution is 0.249. The molecule has 0 radical (unpaired) electrons. The van der Waals surface area contributed by atoms with Gasteiger partial charge in [-0.05, 0) is 48.9 Å². The van der Waals surface area contributed by atoms with Crippen LogP contribution >= 0.6 is 0 Å². The largest absolute Gasteiger partial charge is 0.331 e. The van der Waals surface area contributed by atoms with E-state index in [1.54, 1.807) is 19.1 Å². The molecule has 1 unspecified atom stereocenters. The molecule has 0 fully saturated rings. The summed E-state index contributed by atoms with van der Waals surface area (Å²) in [6.07, 6.45) is 0. The molecule has 0 aliphatic heterocycles. The fourth-order valence-electron chi connectivity index (χ4n) is 2.12. The maximum absolute atomic E-state index is 12.0. The van der Waals surface area contributed by atoms with Gasteiger partial charge in [0.1, 0.15) is 0 Å². The van der Waals surface area contributed by atoms with Crippen molar-refractivity contribution < 1.29 is 21.6 Å². The summed E-state index contributed by atoms with van der Waals surface area (Å²) < 4.78 is 44.8. The number of nitrogens with one attached hydrogen (secondary N) is 2. The first kappa shape index (κ1) is 19.8. The zero-order valence-electron chi connectivity index (χ0n) is 13.7. The van der Waals surface area contributed by atoms with Gasteiger partial charge in [0.25, 0.3) is 0 Å². The molecule has 2 amide bonds. The van der Waals surface area contributed by atoms with E-state index in [0.717, 1.165) is 0 Å². The van der Waals surface area contributed by atoms with E-state index in [0.29, 0.717) is 11.3 Å². The minimum atomic E-state index is -3.80. The topological polar surface area (TPSA) is 161 Å². The molecular weight excluding hydrogens is 380 g/mol. The highest BCUT2D eigenvalue weighted by Gasteiger charge is 2.13. The molecule has 6 N–H and O–H groups in total. The van der Waals surface area contributed by atoms with Crippen molar-refractivity contribution in [3.63, 3.8) is 0 Å². The van der Waals surface area contributed by atoms with Crippen molar-refractivity contribution >= 4 is 31.8 Å². The summed E-state index contributed by atoms with van der Waals surface area (Å²) >= 11 is 0. The summed E-state index contributed by atoms with van der Waals surface area (Å²) in [5.41, 5.74) is 1.06. The Labute approximate surface area is 151 Å². The Bertz CT molecular complexity index is 1000. The van der Waals surface area contributed by atoms with E-state index in [-0.39, 0.29) is 9.79 Å². The van der Waals surface area contributed by atoms with Crippen molar-refractivity contribution in [2.75, 3.05) is 5.32 Å². The Balaban J connectivity index is 2.01. The fraction of sp³-hybridized carbons (Fsp3) is 0.133. The minimum Gasteiger partial charge on any atom is -0.331 e. The smallest absolute Gasteiger partial charge is 0.319 e. The van der Waals surface area contributed by atoms with Crippen LogP contribution in [-0.2, 0) is 20.0 Å². The SMILES string of the molecule is CC(NC(=O)Nc1ccc(S(N)(=O)=O)cc1)c1ccc(S(N)(=O)=O)cc1. The lowest BCUT2D eigenvalue weighted by atomic mass is 10.1. The van der Waals surface area contributed by atoms with Crippen LogP contribution in [0.2, 0.25) is 0 Å². The molecular formula is C15H18N4O5S2. The molecule has 0 aromatic heterocycles. The van der Waals surface area contributed by atoms with E-state index in [4.69, 9.17) is 10.3 Å². The summed E-state index contributed by atoms with van der Waals surface area (Å²) in [6, 6.07) is 10.2. The van der Waals surface area contributed by atoms with Crippen LogP contribution < -0.4 is 20.9 Å². The van der Waals surface area contributed by atoms with Crippen LogP contribution in [0.4, 0.5) is 10.5 Å². The maximum atomic E-state index is 12.0. The number of primary sulfonamides is 2. The van der Waals surface area contributed by atoms with Gasteiger partial charge in [0.2, 0.25) is 20.0 Å². The van der Waals surface area contributed by atoms with E-state index in [9.17, 15) is 21.6 Å². The minimum absolute atomic E-state index is 0.0205. The molecule has 9 nitrogen and oxygen atoms in total. The van der Waals surface area contributed by atoms with Crippen LogP contribution in [0.5, 0.6) is 0 Å². The summed E-state index contributed by atoms with van der Waals surface area (Å²) in [7, 11) is -7.57. The molecule has 140 valence electrons. The van der Waals surface area contributed by atoms with Crippen LogP contribution in [-0.4, -0.2) is 22.9 Å². The van der Waals surface area contributed by atoms with Gasteiger partial charge in [-0.15, -0.1) is 0 Å². The highest BCUT2D eigenvalue weighted by molar-refractivity contribution is 7.89. The van der Waals surface area contributed by atoms with Gasteiger partial charge in [-0.3, -0.25) is 0 Å². The molecule has 2 aromatic carbocycles. The van der Waals surface area contributed by atoms with Gasteiger partial charge in [-0.2, -0.15) is 0 Å². The molecule has 0 aliphatic rings. The Morgan fingerprint density at radius 3 is 1.69 bits per heavy atom. The van der Waals surface area contributed by atoms with E-state index in [1.165, 1.54) is 36.4 Å². The lowest BCUT2D eigenvalue weighted by Gasteiger charge is -2.15. The Morgan fingerprint density at radius 1 is 0.846 bits per heavy atom. The molecule has 2 rings (SSSR count). The standard InChI is InChI=1S/C15H18N4O5S2/c1-10(11-2-6-13(7-3-11)25(16,21)22)18-15(20)19-12-4-8-14(9-5-12)26(17,23)24/h2-10H,1H3,(H2,16,21,22)(H2,17,23,24)(H2,18,19,20). The van der Waals surface area contributed by atoms with Crippen molar-refractivity contribution in [2.45, 2.75) is 22.8 Å². The van der Waals surface area contributed by atoms with Crippen LogP contribution in [0, 0.1) is 0 Å². The number of sulfonamides is 2. The van der Waals surface area contributed by atoms with Crippen molar-refractivity contribution in [3.05, 3.63) is 54.1 Å². The third-order valence-corrected chi connectivity index (χ3v) is 5.36. The number of nitrogens with two attached hydrogens (primary N) is 2. The van der Waals surface area contributed by atoms with Gasteiger partial charge in [-0.25, -0.2) is 31.9 Å². The summed E-state index contributed by atoms with van der Waals surface area (Å²) in [4.78, 5) is 11.9. The van der Waals surface area contributed by atoms with Crippen molar-refractivity contribution in [3.8, 4) is 0 Å². The zero-order valence-corrected chi connectivity index (χ0v) is 15.3. The molecule has 0 saturated heterocycles. The van der Waals surface area contributed by atoms with Gasteiger partial charge in [0.05, 0.1) is 15.8 Å². The molecule has 0 heterocycles. The number of rotatable bonds is 5. The summed E-state index contributed by atoms with van der Waals surface area (Å²) in [5, 5.41) is 15.3. The second-order valence-corrected chi connectivity index (χ2v) is 8.63. The third kappa shape index (κ3) is 5.26. The van der Waals surface area contributed by atoms with Gasteiger partial charge >= 0.3 is 6.03 Å². The average Bonchev–Trinajstić information content (AvgIpc) is 2.53. The van der Waals surface area contributed by atoms with Gasteiger partial charge < -0.3 is 10.6 Å². The fourth-order valence-corrected chi connectivity index (χ4v) is 3.15. The van der Waals surface area contributed by atoms with E-state index >= 15 is 0 Å². The van der Waals surface area contributed by atoms with Crippen LogP contribution in [0.1, 0.15) is 18.5 Å². The first-order valence-electron chi connectivity index (χ1n) is 7.30. The zero-order chi connectivity index (χ0) is 19.5.